The first-order valence-corrected chi connectivity index (χ1v) is 4.21. The summed E-state index contributed by atoms with van der Waals surface area (Å²) in [6.07, 6.45) is 1.79. The fraction of sp³-hybridized carbons (Fsp3) is 0.875. The highest BCUT2D eigenvalue weighted by molar-refractivity contribution is 5.45. The Bertz CT molecular complexity index is 193. The molecule has 0 heterocycles. The molecule has 2 nitrogen and oxygen atoms in total. The van der Waals surface area contributed by atoms with Crippen molar-refractivity contribution >= 4 is 6.41 Å². The molecule has 2 fully saturated rings. The minimum Gasteiger partial charge on any atom is -0.358 e. The summed E-state index contributed by atoms with van der Waals surface area (Å²) in [6.45, 7) is 0.562. The van der Waals surface area contributed by atoms with E-state index in [1.165, 1.54) is 0 Å². The summed E-state index contributed by atoms with van der Waals surface area (Å²) in [7, 11) is 0. The molecular weight excluding hydrogens is 164 g/mol. The third-order valence-electron chi connectivity index (χ3n) is 3.03. The number of hydrogen-bond donors (Lipinski definition) is 1. The smallest absolute Gasteiger partial charge is 0.254 e. The van der Waals surface area contributed by atoms with Crippen LogP contribution in [0.5, 0.6) is 0 Å². The second kappa shape index (κ2) is 2.41. The average Bonchev–Trinajstić information content (AvgIpc) is 2.51. The number of hydrogen-bond acceptors (Lipinski definition) is 1. The third kappa shape index (κ3) is 1.01. The number of fused-ring (bicyclic) bond motifs is 1. The molecule has 0 spiro atoms. The quantitative estimate of drug-likeness (QED) is 0.637. The van der Waals surface area contributed by atoms with Crippen molar-refractivity contribution in [2.45, 2.75) is 18.8 Å². The van der Waals surface area contributed by atoms with Crippen molar-refractivity contribution in [3.63, 3.8) is 0 Å². The Balaban J connectivity index is 1.78. The van der Waals surface area contributed by atoms with Crippen LogP contribution in [0.2, 0.25) is 0 Å². The van der Waals surface area contributed by atoms with Crippen molar-refractivity contribution in [1.29, 1.82) is 0 Å². The Labute approximate surface area is 69.3 Å². The van der Waals surface area contributed by atoms with Gasteiger partial charge in [0.15, 0.2) is 0 Å². The van der Waals surface area contributed by atoms with Gasteiger partial charge in [0.1, 0.15) is 0 Å². The lowest BCUT2D eigenvalue weighted by atomic mass is 10.0. The van der Waals surface area contributed by atoms with E-state index >= 15 is 0 Å². The van der Waals surface area contributed by atoms with Gasteiger partial charge in [0.2, 0.25) is 6.41 Å². The van der Waals surface area contributed by atoms with E-state index in [-0.39, 0.29) is 17.8 Å². The highest BCUT2D eigenvalue weighted by atomic mass is 19.3. The minimum absolute atomic E-state index is 0.282. The summed E-state index contributed by atoms with van der Waals surface area (Å²) in [6, 6.07) is 0. The lowest BCUT2D eigenvalue weighted by Gasteiger charge is -2.12. The SMILES string of the molecule is O=CNCC1CC2C(C1)C2(F)F. The molecule has 2 unspecified atom stereocenters. The molecule has 12 heavy (non-hydrogen) atoms. The predicted octanol–water partition coefficient (Wildman–Crippen LogP) is 1.02. The van der Waals surface area contributed by atoms with Gasteiger partial charge in [0.05, 0.1) is 0 Å². The Kier molecular flexibility index (Phi) is 1.59. The average molecular weight is 175 g/mol. The van der Waals surface area contributed by atoms with Crippen LogP contribution in [0.15, 0.2) is 0 Å². The standard InChI is InChI=1S/C8H11F2NO/c9-8(10)6-1-5(2-7(6)8)3-11-4-12/h4-7H,1-3H2,(H,11,12). The number of amides is 1. The lowest BCUT2D eigenvalue weighted by molar-refractivity contribution is -0.109. The maximum absolute atomic E-state index is 12.6. The Morgan fingerprint density at radius 2 is 2.00 bits per heavy atom. The van der Waals surface area contributed by atoms with Crippen molar-refractivity contribution < 1.29 is 13.6 Å². The zero-order chi connectivity index (χ0) is 8.77. The van der Waals surface area contributed by atoms with E-state index < -0.39 is 5.92 Å². The zero-order valence-electron chi connectivity index (χ0n) is 6.59. The highest BCUT2D eigenvalue weighted by Gasteiger charge is 2.71. The van der Waals surface area contributed by atoms with Crippen LogP contribution in [0, 0.1) is 17.8 Å². The molecule has 68 valence electrons. The second-order valence-electron chi connectivity index (χ2n) is 3.75. The molecule has 1 amide bonds. The fourth-order valence-electron chi connectivity index (χ4n) is 2.30. The molecule has 0 bridgehead atoms. The van der Waals surface area contributed by atoms with Crippen LogP contribution in [0.25, 0.3) is 0 Å². The summed E-state index contributed by atoms with van der Waals surface area (Å²) < 4.78 is 25.3. The van der Waals surface area contributed by atoms with E-state index in [1.807, 2.05) is 0 Å². The van der Waals surface area contributed by atoms with Crippen LogP contribution in [-0.2, 0) is 4.79 Å². The van der Waals surface area contributed by atoms with Crippen molar-refractivity contribution in [2.24, 2.45) is 17.8 Å². The molecule has 2 atom stereocenters. The van der Waals surface area contributed by atoms with Crippen molar-refractivity contribution in [3.05, 3.63) is 0 Å². The summed E-state index contributed by atoms with van der Waals surface area (Å²) >= 11 is 0. The zero-order valence-corrected chi connectivity index (χ0v) is 6.59. The van der Waals surface area contributed by atoms with Crippen molar-refractivity contribution in [3.8, 4) is 0 Å². The molecule has 2 aliphatic carbocycles. The van der Waals surface area contributed by atoms with Crippen LogP contribution >= 0.6 is 0 Å². The molecule has 0 aromatic heterocycles. The van der Waals surface area contributed by atoms with Gasteiger partial charge in [-0.25, -0.2) is 8.78 Å². The molecule has 0 aromatic carbocycles. The monoisotopic (exact) mass is 175 g/mol. The van der Waals surface area contributed by atoms with Gasteiger partial charge in [0.25, 0.3) is 5.92 Å². The number of alkyl halides is 2. The van der Waals surface area contributed by atoms with E-state index in [0.29, 0.717) is 25.8 Å². The number of carbonyl (C=O) groups is 1. The van der Waals surface area contributed by atoms with E-state index in [9.17, 15) is 13.6 Å². The molecule has 0 radical (unpaired) electrons. The van der Waals surface area contributed by atoms with Gasteiger partial charge in [-0.1, -0.05) is 0 Å². The number of nitrogens with one attached hydrogen (secondary N) is 1. The molecular formula is C8H11F2NO. The Morgan fingerprint density at radius 1 is 1.42 bits per heavy atom. The molecule has 0 aromatic rings. The Hall–Kier alpha value is -0.670. The minimum atomic E-state index is -2.38. The molecule has 1 N–H and O–H groups in total. The largest absolute Gasteiger partial charge is 0.358 e. The lowest BCUT2D eigenvalue weighted by Crippen LogP contribution is -2.22. The first-order valence-electron chi connectivity index (χ1n) is 4.21. The number of rotatable bonds is 3. The Morgan fingerprint density at radius 3 is 2.50 bits per heavy atom. The maximum atomic E-state index is 12.6. The molecule has 2 aliphatic rings. The highest BCUT2D eigenvalue weighted by Crippen LogP contribution is 2.65. The molecule has 4 heteroatoms. The molecule has 0 aliphatic heterocycles. The maximum Gasteiger partial charge on any atom is 0.254 e. The van der Waals surface area contributed by atoms with Crippen molar-refractivity contribution in [1.82, 2.24) is 5.32 Å². The second-order valence-corrected chi connectivity index (χ2v) is 3.75. The van der Waals surface area contributed by atoms with E-state index in [2.05, 4.69) is 5.32 Å². The van der Waals surface area contributed by atoms with E-state index in [0.717, 1.165) is 0 Å². The van der Waals surface area contributed by atoms with Gasteiger partial charge in [-0.05, 0) is 18.8 Å². The van der Waals surface area contributed by atoms with Gasteiger partial charge in [-0.2, -0.15) is 0 Å². The van der Waals surface area contributed by atoms with Crippen LogP contribution < -0.4 is 5.32 Å². The summed E-state index contributed by atoms with van der Waals surface area (Å²) in [4.78, 5) is 9.92. The number of carbonyl (C=O) groups excluding carboxylic acids is 1. The summed E-state index contributed by atoms with van der Waals surface area (Å²) in [5, 5.41) is 2.53. The summed E-state index contributed by atoms with van der Waals surface area (Å²) in [5.41, 5.74) is 0. The van der Waals surface area contributed by atoms with Gasteiger partial charge in [-0.15, -0.1) is 0 Å². The molecule has 0 saturated heterocycles. The van der Waals surface area contributed by atoms with Gasteiger partial charge in [0, 0.05) is 18.4 Å². The van der Waals surface area contributed by atoms with Gasteiger partial charge < -0.3 is 5.32 Å². The van der Waals surface area contributed by atoms with Crippen LogP contribution in [-0.4, -0.2) is 18.9 Å². The van der Waals surface area contributed by atoms with Crippen LogP contribution in [0.3, 0.4) is 0 Å². The molecule has 2 saturated carbocycles. The fourth-order valence-corrected chi connectivity index (χ4v) is 2.30. The van der Waals surface area contributed by atoms with Gasteiger partial charge in [-0.3, -0.25) is 4.79 Å². The van der Waals surface area contributed by atoms with E-state index in [1.54, 1.807) is 0 Å². The third-order valence-corrected chi connectivity index (χ3v) is 3.03. The first-order chi connectivity index (χ1) is 5.66. The number of halogens is 2. The van der Waals surface area contributed by atoms with Crippen LogP contribution in [0.4, 0.5) is 8.78 Å². The molecule has 2 rings (SSSR count). The first kappa shape index (κ1) is 7.95. The van der Waals surface area contributed by atoms with Crippen molar-refractivity contribution in [2.75, 3.05) is 6.54 Å². The van der Waals surface area contributed by atoms with Gasteiger partial charge >= 0.3 is 0 Å². The topological polar surface area (TPSA) is 29.1 Å². The predicted molar refractivity (Wildman–Crippen MR) is 38.7 cm³/mol. The normalized spacial score (nSPS) is 42.0. The summed E-state index contributed by atoms with van der Waals surface area (Å²) in [5.74, 6) is -2.85. The van der Waals surface area contributed by atoms with Crippen LogP contribution in [0.1, 0.15) is 12.8 Å². The van der Waals surface area contributed by atoms with E-state index in [4.69, 9.17) is 0 Å².